The normalized spacial score (nSPS) is 34.8. The summed E-state index contributed by atoms with van der Waals surface area (Å²) in [6.07, 6.45) is 3.14. The molecular formula is C12H19NO. The third kappa shape index (κ3) is 1.90. The van der Waals surface area contributed by atoms with Crippen LogP contribution in [0.3, 0.4) is 0 Å². The van der Waals surface area contributed by atoms with Crippen LogP contribution < -0.4 is 0 Å². The summed E-state index contributed by atoms with van der Waals surface area (Å²) in [5.74, 6) is 1.92. The van der Waals surface area contributed by atoms with Crippen LogP contribution in [0.25, 0.3) is 0 Å². The van der Waals surface area contributed by atoms with Crippen molar-refractivity contribution in [3.05, 3.63) is 12.2 Å². The van der Waals surface area contributed by atoms with Crippen LogP contribution in [0.15, 0.2) is 12.2 Å². The predicted octanol–water partition coefficient (Wildman–Crippen LogP) is 1.86. The van der Waals surface area contributed by atoms with E-state index in [1.165, 1.54) is 26.1 Å². The minimum atomic E-state index is 0.253. The summed E-state index contributed by atoms with van der Waals surface area (Å²) in [4.78, 5) is 13.9. The summed E-state index contributed by atoms with van der Waals surface area (Å²) in [5, 5.41) is 0. The molecule has 2 nitrogen and oxygen atoms in total. The second-order valence-electron chi connectivity index (χ2n) is 4.81. The van der Waals surface area contributed by atoms with Gasteiger partial charge in [0.2, 0.25) is 0 Å². The molecule has 78 valence electrons. The zero-order valence-electron chi connectivity index (χ0n) is 8.96. The highest BCUT2D eigenvalue weighted by Crippen LogP contribution is 2.35. The zero-order chi connectivity index (χ0) is 10.1. The molecule has 0 aromatic rings. The van der Waals surface area contributed by atoms with E-state index in [1.54, 1.807) is 0 Å². The molecule has 2 aliphatic rings. The van der Waals surface area contributed by atoms with Crippen LogP contribution in [0.5, 0.6) is 0 Å². The van der Waals surface area contributed by atoms with Gasteiger partial charge < -0.3 is 4.90 Å². The standard InChI is InChI=1S/C12H19NO/c1-9(2)12(14)4-3-10-7-13-6-5-11(10)8-13/h10-11H,1,3-8H2,2H3. The lowest BCUT2D eigenvalue weighted by molar-refractivity contribution is -0.115. The molecular weight excluding hydrogens is 174 g/mol. The van der Waals surface area contributed by atoms with Crippen molar-refractivity contribution in [2.75, 3.05) is 19.6 Å². The number of carbonyl (C=O) groups is 1. The lowest BCUT2D eigenvalue weighted by atomic mass is 9.87. The van der Waals surface area contributed by atoms with Gasteiger partial charge in [-0.15, -0.1) is 0 Å². The molecule has 2 heterocycles. The molecule has 0 spiro atoms. The second kappa shape index (κ2) is 3.85. The van der Waals surface area contributed by atoms with Gasteiger partial charge in [0, 0.05) is 19.5 Å². The second-order valence-corrected chi connectivity index (χ2v) is 4.81. The van der Waals surface area contributed by atoms with Crippen LogP contribution in [0.2, 0.25) is 0 Å². The van der Waals surface area contributed by atoms with Gasteiger partial charge in [-0.25, -0.2) is 0 Å². The van der Waals surface area contributed by atoms with Crippen molar-refractivity contribution in [3.8, 4) is 0 Å². The molecule has 3 atom stereocenters. The molecule has 0 radical (unpaired) electrons. The number of nitrogens with zero attached hydrogens (tertiary/aromatic N) is 1. The summed E-state index contributed by atoms with van der Waals surface area (Å²) in [6, 6.07) is 0. The van der Waals surface area contributed by atoms with E-state index in [1.807, 2.05) is 6.92 Å². The van der Waals surface area contributed by atoms with Gasteiger partial charge in [-0.1, -0.05) is 6.58 Å². The van der Waals surface area contributed by atoms with Gasteiger partial charge in [-0.3, -0.25) is 4.79 Å². The monoisotopic (exact) mass is 193 g/mol. The molecule has 2 fully saturated rings. The molecule has 2 saturated heterocycles. The Kier molecular flexibility index (Phi) is 2.73. The van der Waals surface area contributed by atoms with Gasteiger partial charge in [0.25, 0.3) is 0 Å². The largest absolute Gasteiger partial charge is 0.303 e. The highest BCUT2D eigenvalue weighted by Gasteiger charge is 2.37. The van der Waals surface area contributed by atoms with Gasteiger partial charge in [-0.2, -0.15) is 0 Å². The molecule has 0 saturated carbocycles. The molecule has 2 bridgehead atoms. The Balaban J connectivity index is 1.77. The fraction of sp³-hybridized carbons (Fsp3) is 0.750. The average Bonchev–Trinajstić information content (AvgIpc) is 2.74. The molecule has 2 aliphatic heterocycles. The summed E-state index contributed by atoms with van der Waals surface area (Å²) in [6.45, 7) is 9.30. The van der Waals surface area contributed by atoms with Gasteiger partial charge in [0.05, 0.1) is 0 Å². The summed E-state index contributed by atoms with van der Waals surface area (Å²) in [7, 11) is 0. The number of allylic oxidation sites excluding steroid dienone is 1. The van der Waals surface area contributed by atoms with Crippen LogP contribution >= 0.6 is 0 Å². The van der Waals surface area contributed by atoms with Crippen molar-refractivity contribution in [2.45, 2.75) is 26.2 Å². The fourth-order valence-electron chi connectivity index (χ4n) is 2.75. The van der Waals surface area contributed by atoms with E-state index in [-0.39, 0.29) is 5.78 Å². The Morgan fingerprint density at radius 3 is 2.79 bits per heavy atom. The van der Waals surface area contributed by atoms with E-state index < -0.39 is 0 Å². The number of hydrogen-bond donors (Lipinski definition) is 0. The molecule has 0 amide bonds. The van der Waals surface area contributed by atoms with E-state index in [0.29, 0.717) is 12.0 Å². The van der Waals surface area contributed by atoms with Crippen molar-refractivity contribution in [2.24, 2.45) is 11.8 Å². The van der Waals surface area contributed by atoms with Gasteiger partial charge in [-0.05, 0) is 43.7 Å². The van der Waals surface area contributed by atoms with E-state index in [9.17, 15) is 4.79 Å². The highest BCUT2D eigenvalue weighted by molar-refractivity contribution is 5.94. The topological polar surface area (TPSA) is 20.3 Å². The van der Waals surface area contributed by atoms with E-state index in [4.69, 9.17) is 0 Å². The maximum Gasteiger partial charge on any atom is 0.157 e. The van der Waals surface area contributed by atoms with Crippen molar-refractivity contribution >= 4 is 5.78 Å². The quantitative estimate of drug-likeness (QED) is 0.635. The van der Waals surface area contributed by atoms with Crippen LogP contribution in [-0.2, 0) is 4.79 Å². The number of hydrogen-bond acceptors (Lipinski definition) is 2. The number of ketones is 1. The molecule has 2 heteroatoms. The number of piperidine rings is 1. The maximum absolute atomic E-state index is 11.4. The minimum Gasteiger partial charge on any atom is -0.303 e. The lowest BCUT2D eigenvalue weighted by Crippen LogP contribution is -2.23. The van der Waals surface area contributed by atoms with E-state index >= 15 is 0 Å². The molecule has 2 rings (SSSR count). The Hall–Kier alpha value is -0.630. The molecule has 0 aromatic heterocycles. The van der Waals surface area contributed by atoms with Gasteiger partial charge >= 0.3 is 0 Å². The predicted molar refractivity (Wildman–Crippen MR) is 57.1 cm³/mol. The van der Waals surface area contributed by atoms with E-state index in [2.05, 4.69) is 11.5 Å². The van der Waals surface area contributed by atoms with E-state index in [0.717, 1.165) is 18.3 Å². The molecule has 0 N–H and O–H groups in total. The van der Waals surface area contributed by atoms with Crippen LogP contribution in [0, 0.1) is 11.8 Å². The Morgan fingerprint density at radius 1 is 1.50 bits per heavy atom. The van der Waals surface area contributed by atoms with Crippen molar-refractivity contribution in [1.82, 2.24) is 4.90 Å². The van der Waals surface area contributed by atoms with Crippen molar-refractivity contribution in [1.29, 1.82) is 0 Å². The Morgan fingerprint density at radius 2 is 2.29 bits per heavy atom. The van der Waals surface area contributed by atoms with Crippen LogP contribution in [-0.4, -0.2) is 30.3 Å². The highest BCUT2D eigenvalue weighted by atomic mass is 16.1. The number of rotatable bonds is 4. The third-order valence-corrected chi connectivity index (χ3v) is 3.69. The first-order valence-corrected chi connectivity index (χ1v) is 5.58. The maximum atomic E-state index is 11.4. The number of fused-ring (bicyclic) bond motifs is 2. The number of Topliss-reactive ketones (excluding diaryl/α,β-unsaturated/α-hetero) is 1. The Bertz CT molecular complexity index is 259. The molecule has 14 heavy (non-hydrogen) atoms. The third-order valence-electron chi connectivity index (χ3n) is 3.69. The average molecular weight is 193 g/mol. The summed E-state index contributed by atoms with van der Waals surface area (Å²) in [5.41, 5.74) is 0.716. The van der Waals surface area contributed by atoms with Crippen LogP contribution in [0.4, 0.5) is 0 Å². The smallest absolute Gasteiger partial charge is 0.157 e. The SMILES string of the molecule is C=C(C)C(=O)CCC1CN2CCC1C2. The first-order valence-electron chi connectivity index (χ1n) is 5.58. The summed E-state index contributed by atoms with van der Waals surface area (Å²) >= 11 is 0. The lowest BCUT2D eigenvalue weighted by Gasteiger charge is -2.21. The first kappa shape index (κ1) is 9.91. The van der Waals surface area contributed by atoms with Crippen LogP contribution in [0.1, 0.15) is 26.2 Å². The minimum absolute atomic E-state index is 0.253. The molecule has 0 aliphatic carbocycles. The fourth-order valence-corrected chi connectivity index (χ4v) is 2.75. The molecule has 3 unspecified atom stereocenters. The van der Waals surface area contributed by atoms with Gasteiger partial charge in [0.1, 0.15) is 0 Å². The van der Waals surface area contributed by atoms with Gasteiger partial charge in [0.15, 0.2) is 5.78 Å². The zero-order valence-corrected chi connectivity index (χ0v) is 8.96. The molecule has 0 aromatic carbocycles. The first-order chi connectivity index (χ1) is 6.66. The number of carbonyl (C=O) groups excluding carboxylic acids is 1. The van der Waals surface area contributed by atoms with Crippen molar-refractivity contribution < 1.29 is 4.79 Å². The Labute approximate surface area is 86.0 Å². The van der Waals surface area contributed by atoms with Crippen molar-refractivity contribution in [3.63, 3.8) is 0 Å². The summed E-state index contributed by atoms with van der Waals surface area (Å²) < 4.78 is 0.